The molecule has 3 rings (SSSR count). The zero-order chi connectivity index (χ0) is 20.8. The third-order valence-electron chi connectivity index (χ3n) is 4.21. The number of aryl methyl sites for hydroxylation is 1. The average Bonchev–Trinajstić information content (AvgIpc) is 3.11. The van der Waals surface area contributed by atoms with Gasteiger partial charge in [0.2, 0.25) is 0 Å². The van der Waals surface area contributed by atoms with Crippen LogP contribution in [0.2, 0.25) is 5.02 Å². The molecule has 7 heteroatoms. The number of nitrogens with zero attached hydrogens (tertiary/aromatic N) is 3. The summed E-state index contributed by atoms with van der Waals surface area (Å²) >= 11 is 7.42. The lowest BCUT2D eigenvalue weighted by atomic mass is 10.2. The summed E-state index contributed by atoms with van der Waals surface area (Å²) in [6.45, 7) is 4.61. The summed E-state index contributed by atoms with van der Waals surface area (Å²) in [5, 5.41) is 10.4. The number of carbonyl (C=O) groups excluding carboxylic acids is 1. The van der Waals surface area contributed by atoms with Gasteiger partial charge in [0.1, 0.15) is 15.6 Å². The molecule has 0 saturated carbocycles. The van der Waals surface area contributed by atoms with Gasteiger partial charge in [-0.3, -0.25) is 4.79 Å². The van der Waals surface area contributed by atoms with Crippen LogP contribution < -0.4 is 9.64 Å². The third-order valence-corrected chi connectivity index (χ3v) is 5.64. The second-order valence-corrected chi connectivity index (χ2v) is 7.67. The molecule has 0 spiro atoms. The molecule has 1 aromatic heterocycles. The smallest absolute Gasteiger partial charge is 0.270 e. The second kappa shape index (κ2) is 9.55. The van der Waals surface area contributed by atoms with Crippen LogP contribution in [0.4, 0.5) is 5.69 Å². The number of hydrogen-bond donors (Lipinski definition) is 0. The largest absolute Gasteiger partial charge is 0.494 e. The lowest BCUT2D eigenvalue weighted by Gasteiger charge is -2.21. The predicted octanol–water partition coefficient (Wildman–Crippen LogP) is 5.73. The lowest BCUT2D eigenvalue weighted by molar-refractivity contribution is 0.0990. The molecule has 148 valence electrons. The van der Waals surface area contributed by atoms with Crippen LogP contribution in [0.1, 0.15) is 28.7 Å². The van der Waals surface area contributed by atoms with Gasteiger partial charge in [0.25, 0.3) is 5.91 Å². The minimum Gasteiger partial charge on any atom is -0.494 e. The van der Waals surface area contributed by atoms with Crippen molar-refractivity contribution in [2.24, 2.45) is 0 Å². The number of amides is 1. The van der Waals surface area contributed by atoms with Gasteiger partial charge in [-0.05, 0) is 50.2 Å². The van der Waals surface area contributed by atoms with E-state index in [4.69, 9.17) is 21.6 Å². The maximum absolute atomic E-state index is 13.3. The molecule has 0 saturated heterocycles. The second-order valence-electron chi connectivity index (χ2n) is 6.24. The van der Waals surface area contributed by atoms with Crippen LogP contribution in [0.5, 0.6) is 5.75 Å². The minimum absolute atomic E-state index is 0.173. The molecule has 0 bridgehead atoms. The van der Waals surface area contributed by atoms with Crippen LogP contribution in [0, 0.1) is 18.3 Å². The molecule has 0 radical (unpaired) electrons. The highest BCUT2D eigenvalue weighted by atomic mass is 35.5. The first-order valence-electron chi connectivity index (χ1n) is 9.18. The van der Waals surface area contributed by atoms with E-state index in [1.165, 1.54) is 11.3 Å². The monoisotopic (exact) mass is 425 g/mol. The van der Waals surface area contributed by atoms with E-state index in [1.54, 1.807) is 11.0 Å². The van der Waals surface area contributed by atoms with Crippen LogP contribution >= 0.6 is 22.9 Å². The Kier molecular flexibility index (Phi) is 6.86. The molecule has 0 fully saturated rings. The van der Waals surface area contributed by atoms with Gasteiger partial charge < -0.3 is 9.64 Å². The van der Waals surface area contributed by atoms with Gasteiger partial charge in [0, 0.05) is 22.8 Å². The molecule has 0 N–H and O–H groups in total. The van der Waals surface area contributed by atoms with Crippen molar-refractivity contribution in [3.8, 4) is 22.4 Å². The highest BCUT2D eigenvalue weighted by Gasteiger charge is 2.23. The van der Waals surface area contributed by atoms with E-state index in [0.29, 0.717) is 34.4 Å². The van der Waals surface area contributed by atoms with Crippen LogP contribution in [-0.2, 0) is 0 Å². The number of nitriles is 1. The Hall–Kier alpha value is -2.88. The van der Waals surface area contributed by atoms with Gasteiger partial charge in [0.05, 0.1) is 24.8 Å². The van der Waals surface area contributed by atoms with E-state index in [2.05, 4.69) is 11.1 Å². The Labute approximate surface area is 179 Å². The molecule has 0 atom stereocenters. The van der Waals surface area contributed by atoms with Crippen LogP contribution in [-0.4, -0.2) is 24.0 Å². The van der Waals surface area contributed by atoms with Crippen molar-refractivity contribution in [2.45, 2.75) is 20.3 Å². The fraction of sp³-hybridized carbons (Fsp3) is 0.227. The van der Waals surface area contributed by atoms with Crippen molar-refractivity contribution in [2.75, 3.05) is 18.1 Å². The van der Waals surface area contributed by atoms with Gasteiger partial charge in [-0.2, -0.15) is 5.26 Å². The quantitative estimate of drug-likeness (QED) is 0.484. The average molecular weight is 426 g/mol. The van der Waals surface area contributed by atoms with Crippen LogP contribution in [0.3, 0.4) is 0 Å². The topological polar surface area (TPSA) is 66.2 Å². The van der Waals surface area contributed by atoms with Crippen molar-refractivity contribution in [1.29, 1.82) is 5.26 Å². The number of anilines is 1. The first-order valence-corrected chi connectivity index (χ1v) is 10.4. The molecule has 29 heavy (non-hydrogen) atoms. The SMILES string of the molecule is CCOc1ccc(N(CCC#N)C(=O)c2sc(-c3cccc(Cl)c3)nc2C)cc1. The minimum atomic E-state index is -0.173. The number of benzene rings is 2. The maximum Gasteiger partial charge on any atom is 0.270 e. The summed E-state index contributed by atoms with van der Waals surface area (Å²) in [5.74, 6) is 0.564. The molecule has 0 aliphatic carbocycles. The van der Waals surface area contributed by atoms with Gasteiger partial charge in [-0.15, -0.1) is 11.3 Å². The summed E-state index contributed by atoms with van der Waals surface area (Å²) in [4.78, 5) is 20.0. The zero-order valence-corrected chi connectivity index (χ0v) is 17.8. The summed E-state index contributed by atoms with van der Waals surface area (Å²) in [5.41, 5.74) is 2.24. The normalized spacial score (nSPS) is 10.4. The van der Waals surface area contributed by atoms with Crippen molar-refractivity contribution >= 4 is 34.5 Å². The van der Waals surface area contributed by atoms with E-state index >= 15 is 0 Å². The molecular weight excluding hydrogens is 406 g/mol. The summed E-state index contributed by atoms with van der Waals surface area (Å²) in [7, 11) is 0. The van der Waals surface area contributed by atoms with Crippen LogP contribution in [0.25, 0.3) is 10.6 Å². The fourth-order valence-corrected chi connectivity index (χ4v) is 4.06. The van der Waals surface area contributed by atoms with Crippen LogP contribution in [0.15, 0.2) is 48.5 Å². The predicted molar refractivity (Wildman–Crippen MR) is 117 cm³/mol. The molecule has 3 aromatic rings. The fourth-order valence-electron chi connectivity index (χ4n) is 2.86. The Morgan fingerprint density at radius 1 is 1.28 bits per heavy atom. The Bertz CT molecular complexity index is 1040. The molecule has 1 amide bonds. The summed E-state index contributed by atoms with van der Waals surface area (Å²) in [6.07, 6.45) is 0.234. The highest BCUT2D eigenvalue weighted by molar-refractivity contribution is 7.17. The number of aromatic nitrogens is 1. The first-order chi connectivity index (χ1) is 14.0. The molecule has 1 heterocycles. The van der Waals surface area contributed by atoms with E-state index in [9.17, 15) is 4.79 Å². The number of hydrogen-bond acceptors (Lipinski definition) is 5. The molecule has 2 aromatic carbocycles. The number of ether oxygens (including phenoxy) is 1. The molecule has 0 unspecified atom stereocenters. The molecule has 0 aliphatic heterocycles. The van der Waals surface area contributed by atoms with E-state index in [-0.39, 0.29) is 12.3 Å². The number of rotatable bonds is 7. The van der Waals surface area contributed by atoms with Gasteiger partial charge in [0.15, 0.2) is 0 Å². The molecule has 0 aliphatic rings. The molecule has 5 nitrogen and oxygen atoms in total. The van der Waals surface area contributed by atoms with Gasteiger partial charge in [-0.1, -0.05) is 23.7 Å². The van der Waals surface area contributed by atoms with E-state index in [0.717, 1.165) is 16.3 Å². The third kappa shape index (κ3) is 4.94. The Morgan fingerprint density at radius 2 is 2.03 bits per heavy atom. The van der Waals surface area contributed by atoms with Crippen molar-refractivity contribution < 1.29 is 9.53 Å². The van der Waals surface area contributed by atoms with Gasteiger partial charge >= 0.3 is 0 Å². The van der Waals surface area contributed by atoms with Crippen molar-refractivity contribution in [3.05, 3.63) is 64.1 Å². The standard InChI is InChI=1S/C22H20ClN3O2S/c1-3-28-19-10-8-18(9-11-19)26(13-5-12-24)22(27)20-15(2)25-21(29-20)16-6-4-7-17(23)14-16/h4,6-11,14H,3,5,13H2,1-2H3. The Balaban J connectivity index is 1.93. The number of thiazole rings is 1. The summed E-state index contributed by atoms with van der Waals surface area (Å²) in [6, 6.07) is 16.8. The summed E-state index contributed by atoms with van der Waals surface area (Å²) < 4.78 is 5.47. The van der Waals surface area contributed by atoms with Crippen molar-refractivity contribution in [1.82, 2.24) is 4.98 Å². The highest BCUT2D eigenvalue weighted by Crippen LogP contribution is 2.31. The Morgan fingerprint density at radius 3 is 2.69 bits per heavy atom. The van der Waals surface area contributed by atoms with E-state index in [1.807, 2.05) is 56.3 Å². The lowest BCUT2D eigenvalue weighted by Crippen LogP contribution is -2.31. The van der Waals surface area contributed by atoms with E-state index < -0.39 is 0 Å². The zero-order valence-electron chi connectivity index (χ0n) is 16.2. The maximum atomic E-state index is 13.3. The number of carbonyl (C=O) groups is 1. The number of halogens is 1. The van der Waals surface area contributed by atoms with Gasteiger partial charge in [-0.25, -0.2) is 4.98 Å². The van der Waals surface area contributed by atoms with Crippen molar-refractivity contribution in [3.63, 3.8) is 0 Å². The molecular formula is C22H20ClN3O2S. The first kappa shape index (κ1) is 20.8.